The summed E-state index contributed by atoms with van der Waals surface area (Å²) in [7, 11) is -3.86. The van der Waals surface area contributed by atoms with Crippen molar-refractivity contribution in [2.75, 3.05) is 32.8 Å². The smallest absolute Gasteiger partial charge is 0.309 e. The first kappa shape index (κ1) is 23.3. The number of ether oxygens (including phenoxy) is 1. The molecule has 0 spiro atoms. The second-order valence-electron chi connectivity index (χ2n) is 7.92. The quantitative estimate of drug-likeness (QED) is 0.609. The number of nitrogens with zero attached hydrogens (tertiary/aromatic N) is 2. The summed E-state index contributed by atoms with van der Waals surface area (Å²) < 4.78 is 32.3. The number of amides is 1. The van der Waals surface area contributed by atoms with Gasteiger partial charge in [0.05, 0.1) is 16.0 Å². The Hall–Kier alpha value is -1.35. The van der Waals surface area contributed by atoms with Crippen LogP contribution >= 0.6 is 23.2 Å². The maximum atomic E-state index is 12.9. The third-order valence-electron chi connectivity index (χ3n) is 5.65. The highest BCUT2D eigenvalue weighted by Crippen LogP contribution is 2.33. The number of hydrogen-bond donors (Lipinski definition) is 0. The Morgan fingerprint density at radius 2 is 1.73 bits per heavy atom. The molecule has 3 rings (SSSR count). The van der Waals surface area contributed by atoms with Crippen LogP contribution in [-0.2, 0) is 24.3 Å². The van der Waals surface area contributed by atoms with Crippen LogP contribution in [0.5, 0.6) is 0 Å². The first-order valence-corrected chi connectivity index (χ1v) is 12.3. The molecule has 2 saturated heterocycles. The van der Waals surface area contributed by atoms with Gasteiger partial charge in [-0.05, 0) is 43.7 Å². The average molecular weight is 477 g/mol. The van der Waals surface area contributed by atoms with E-state index in [-0.39, 0.29) is 40.5 Å². The van der Waals surface area contributed by atoms with E-state index in [4.69, 9.17) is 27.9 Å². The zero-order chi connectivity index (χ0) is 21.9. The summed E-state index contributed by atoms with van der Waals surface area (Å²) >= 11 is 12.1. The van der Waals surface area contributed by atoms with Gasteiger partial charge in [-0.15, -0.1) is 0 Å². The van der Waals surface area contributed by atoms with Crippen molar-refractivity contribution in [1.82, 2.24) is 9.21 Å². The Bertz CT molecular complexity index is 880. The third-order valence-corrected chi connectivity index (χ3v) is 8.51. The van der Waals surface area contributed by atoms with Gasteiger partial charge in [0.2, 0.25) is 10.0 Å². The van der Waals surface area contributed by atoms with Crippen LogP contribution in [0.1, 0.15) is 32.6 Å². The van der Waals surface area contributed by atoms with E-state index in [0.29, 0.717) is 31.8 Å². The molecule has 0 radical (unpaired) electrons. The molecule has 0 aliphatic carbocycles. The number of piperidine rings is 2. The third kappa shape index (κ3) is 5.28. The predicted octanol–water partition coefficient (Wildman–Crippen LogP) is 3.20. The largest absolute Gasteiger partial charge is 0.455 e. The normalized spacial score (nSPS) is 21.4. The number of benzene rings is 1. The van der Waals surface area contributed by atoms with Crippen LogP contribution in [0.4, 0.5) is 0 Å². The van der Waals surface area contributed by atoms with Crippen LogP contribution in [-0.4, -0.2) is 62.3 Å². The molecule has 166 valence electrons. The first-order chi connectivity index (χ1) is 14.2. The second kappa shape index (κ2) is 9.85. The molecule has 2 heterocycles. The summed E-state index contributed by atoms with van der Waals surface area (Å²) in [5.41, 5.74) is 0. The monoisotopic (exact) mass is 476 g/mol. The fourth-order valence-electron chi connectivity index (χ4n) is 3.95. The van der Waals surface area contributed by atoms with E-state index >= 15 is 0 Å². The van der Waals surface area contributed by atoms with E-state index in [1.807, 2.05) is 0 Å². The van der Waals surface area contributed by atoms with Gasteiger partial charge in [-0.1, -0.05) is 36.2 Å². The van der Waals surface area contributed by atoms with Crippen molar-refractivity contribution in [2.45, 2.75) is 37.5 Å². The van der Waals surface area contributed by atoms with Crippen LogP contribution in [0, 0.1) is 11.8 Å². The van der Waals surface area contributed by atoms with Crippen molar-refractivity contribution in [3.8, 4) is 0 Å². The number of halogens is 2. The van der Waals surface area contributed by atoms with Crippen LogP contribution in [0.15, 0.2) is 23.1 Å². The van der Waals surface area contributed by atoms with Crippen molar-refractivity contribution >= 4 is 45.1 Å². The zero-order valence-electron chi connectivity index (χ0n) is 16.9. The number of carbonyl (C=O) groups excluding carboxylic acids is 2. The van der Waals surface area contributed by atoms with Gasteiger partial charge in [-0.25, -0.2) is 8.42 Å². The van der Waals surface area contributed by atoms with Crippen molar-refractivity contribution in [2.24, 2.45) is 11.8 Å². The van der Waals surface area contributed by atoms with Gasteiger partial charge in [-0.3, -0.25) is 9.59 Å². The average Bonchev–Trinajstić information content (AvgIpc) is 2.71. The van der Waals surface area contributed by atoms with Gasteiger partial charge < -0.3 is 9.64 Å². The van der Waals surface area contributed by atoms with Gasteiger partial charge in [0.1, 0.15) is 4.90 Å². The van der Waals surface area contributed by atoms with Gasteiger partial charge in [0.25, 0.3) is 5.91 Å². The van der Waals surface area contributed by atoms with E-state index in [2.05, 4.69) is 6.92 Å². The summed E-state index contributed by atoms with van der Waals surface area (Å²) in [5.74, 6) is -0.618. The number of hydrogen-bond acceptors (Lipinski definition) is 5. The molecular formula is C20H26Cl2N2O5S. The molecule has 0 unspecified atom stereocenters. The topological polar surface area (TPSA) is 84.0 Å². The number of rotatable bonds is 5. The lowest BCUT2D eigenvalue weighted by molar-refractivity contribution is -0.157. The molecule has 1 aromatic rings. The maximum absolute atomic E-state index is 12.9. The first-order valence-electron chi connectivity index (χ1n) is 10.1. The molecule has 0 saturated carbocycles. The SMILES string of the molecule is C[C@H]1CCCN(C(=O)COC(=O)C2CCN(S(=O)(=O)c3c(Cl)cccc3Cl)CC2)C1. The van der Waals surface area contributed by atoms with Crippen LogP contribution in [0.3, 0.4) is 0 Å². The predicted molar refractivity (Wildman–Crippen MR) is 114 cm³/mol. The van der Waals surface area contributed by atoms with Crippen LogP contribution < -0.4 is 0 Å². The number of carbonyl (C=O) groups is 2. The molecule has 7 nitrogen and oxygen atoms in total. The maximum Gasteiger partial charge on any atom is 0.309 e. The lowest BCUT2D eigenvalue weighted by atomic mass is 9.98. The summed E-state index contributed by atoms with van der Waals surface area (Å²) in [5, 5.41) is 0.129. The highest BCUT2D eigenvalue weighted by atomic mass is 35.5. The molecule has 0 bridgehead atoms. The van der Waals surface area contributed by atoms with Gasteiger partial charge in [0, 0.05) is 26.2 Å². The highest BCUT2D eigenvalue weighted by Gasteiger charge is 2.35. The van der Waals surface area contributed by atoms with Crippen molar-refractivity contribution in [1.29, 1.82) is 0 Å². The molecule has 1 amide bonds. The van der Waals surface area contributed by atoms with Crippen LogP contribution in [0.2, 0.25) is 10.0 Å². The van der Waals surface area contributed by atoms with Gasteiger partial charge >= 0.3 is 5.97 Å². The molecule has 2 fully saturated rings. The van der Waals surface area contributed by atoms with E-state index in [0.717, 1.165) is 12.8 Å². The number of likely N-dealkylation sites (tertiary alicyclic amines) is 1. The molecule has 2 aliphatic rings. The zero-order valence-corrected chi connectivity index (χ0v) is 19.2. The Balaban J connectivity index is 1.52. The molecule has 2 aliphatic heterocycles. The second-order valence-corrected chi connectivity index (χ2v) is 10.6. The molecule has 1 atom stereocenters. The minimum Gasteiger partial charge on any atom is -0.455 e. The van der Waals surface area contributed by atoms with Crippen molar-refractivity contribution in [3.05, 3.63) is 28.2 Å². The summed E-state index contributed by atoms with van der Waals surface area (Å²) in [6, 6.07) is 4.53. The highest BCUT2D eigenvalue weighted by molar-refractivity contribution is 7.89. The van der Waals surface area contributed by atoms with E-state index in [1.165, 1.54) is 16.4 Å². The summed E-state index contributed by atoms with van der Waals surface area (Å²) in [6.07, 6.45) is 2.69. The number of sulfonamides is 1. The molecule has 30 heavy (non-hydrogen) atoms. The molecule has 0 aromatic heterocycles. The van der Waals surface area contributed by atoms with Gasteiger partial charge in [0.15, 0.2) is 6.61 Å². The van der Waals surface area contributed by atoms with Crippen molar-refractivity contribution < 1.29 is 22.7 Å². The molecular weight excluding hydrogens is 451 g/mol. The minimum absolute atomic E-state index is 0.0644. The Labute approximate surface area is 187 Å². The Kier molecular flexibility index (Phi) is 7.66. The fourth-order valence-corrected chi connectivity index (χ4v) is 6.51. The number of esters is 1. The van der Waals surface area contributed by atoms with E-state index < -0.39 is 21.9 Å². The lowest BCUT2D eigenvalue weighted by Crippen LogP contribution is -2.43. The van der Waals surface area contributed by atoms with E-state index in [1.54, 1.807) is 11.0 Å². The molecule has 10 heteroatoms. The van der Waals surface area contributed by atoms with E-state index in [9.17, 15) is 18.0 Å². The fraction of sp³-hybridized carbons (Fsp3) is 0.600. The standard InChI is InChI=1S/C20H26Cl2N2O5S/c1-14-4-3-9-23(12-14)18(25)13-29-20(26)15-7-10-24(11-8-15)30(27,28)19-16(21)5-2-6-17(19)22/h2,5-6,14-15H,3-4,7-13H2,1H3/t14-/m0/s1. The van der Waals surface area contributed by atoms with Crippen molar-refractivity contribution in [3.63, 3.8) is 0 Å². The van der Waals surface area contributed by atoms with Gasteiger partial charge in [-0.2, -0.15) is 4.31 Å². The lowest BCUT2D eigenvalue weighted by Gasteiger charge is -2.32. The summed E-state index contributed by atoms with van der Waals surface area (Å²) in [4.78, 5) is 26.3. The molecule has 0 N–H and O–H groups in total. The van der Waals surface area contributed by atoms with Crippen LogP contribution in [0.25, 0.3) is 0 Å². The Morgan fingerprint density at radius 1 is 1.10 bits per heavy atom. The minimum atomic E-state index is -3.86. The molecule has 1 aromatic carbocycles. The Morgan fingerprint density at radius 3 is 2.33 bits per heavy atom. The summed E-state index contributed by atoms with van der Waals surface area (Å²) in [6.45, 7) is 3.53.